The maximum atomic E-state index is 11.0. The van der Waals surface area contributed by atoms with Gasteiger partial charge in [0.15, 0.2) is 0 Å². The first-order chi connectivity index (χ1) is 5.69. The van der Waals surface area contributed by atoms with Crippen molar-refractivity contribution >= 4 is 17.3 Å². The van der Waals surface area contributed by atoms with Gasteiger partial charge in [0, 0.05) is 11.4 Å². The molecule has 1 heterocycles. The van der Waals surface area contributed by atoms with E-state index in [2.05, 4.69) is 9.72 Å². The quantitative estimate of drug-likeness (QED) is 0.690. The molecule has 5 heteroatoms. The molecule has 0 radical (unpaired) electrons. The molecule has 0 saturated carbocycles. The van der Waals surface area contributed by atoms with E-state index in [0.717, 1.165) is 10.6 Å². The monoisotopic (exact) mass is 186 g/mol. The summed E-state index contributed by atoms with van der Waals surface area (Å²) >= 11 is 1.28. The number of methoxy groups -OCH3 is 1. The van der Waals surface area contributed by atoms with Gasteiger partial charge in [0.1, 0.15) is 0 Å². The normalized spacial score (nSPS) is 9.92. The van der Waals surface area contributed by atoms with Crippen molar-refractivity contribution < 1.29 is 9.53 Å². The van der Waals surface area contributed by atoms with Crippen molar-refractivity contribution in [2.24, 2.45) is 5.73 Å². The van der Waals surface area contributed by atoms with Crippen LogP contribution in [0.25, 0.3) is 0 Å². The third-order valence-corrected chi connectivity index (χ3v) is 2.60. The molecule has 0 aliphatic heterocycles. The topological polar surface area (TPSA) is 65.2 Å². The smallest absolute Gasteiger partial charge is 0.367 e. The standard InChI is InChI=1S/C7H10N2O2S/c1-4-5(3-8)12-6(9-4)7(10)11-2/h3,8H2,1-2H3. The first kappa shape index (κ1) is 9.15. The Morgan fingerprint density at radius 2 is 2.42 bits per heavy atom. The van der Waals surface area contributed by atoms with Crippen LogP contribution in [0.3, 0.4) is 0 Å². The highest BCUT2D eigenvalue weighted by Crippen LogP contribution is 2.17. The number of thiazole rings is 1. The van der Waals surface area contributed by atoms with Crippen molar-refractivity contribution in [2.75, 3.05) is 7.11 Å². The Morgan fingerprint density at radius 3 is 2.83 bits per heavy atom. The average molecular weight is 186 g/mol. The van der Waals surface area contributed by atoms with E-state index in [9.17, 15) is 4.79 Å². The van der Waals surface area contributed by atoms with Crippen LogP contribution < -0.4 is 5.73 Å². The highest BCUT2D eigenvalue weighted by molar-refractivity contribution is 7.13. The zero-order valence-corrected chi connectivity index (χ0v) is 7.77. The van der Waals surface area contributed by atoms with Gasteiger partial charge in [0.05, 0.1) is 12.8 Å². The minimum Gasteiger partial charge on any atom is -0.464 e. The van der Waals surface area contributed by atoms with E-state index >= 15 is 0 Å². The summed E-state index contributed by atoms with van der Waals surface area (Å²) in [4.78, 5) is 15.9. The Balaban J connectivity index is 2.96. The summed E-state index contributed by atoms with van der Waals surface area (Å²) < 4.78 is 4.52. The van der Waals surface area contributed by atoms with Crippen LogP contribution in [0, 0.1) is 6.92 Å². The van der Waals surface area contributed by atoms with Crippen molar-refractivity contribution in [2.45, 2.75) is 13.5 Å². The lowest BCUT2D eigenvalue weighted by atomic mass is 10.4. The Hall–Kier alpha value is -0.940. The number of hydrogen-bond donors (Lipinski definition) is 1. The maximum Gasteiger partial charge on any atom is 0.367 e. The van der Waals surface area contributed by atoms with Gasteiger partial charge in [-0.25, -0.2) is 9.78 Å². The van der Waals surface area contributed by atoms with E-state index in [1.165, 1.54) is 18.4 Å². The van der Waals surface area contributed by atoms with Gasteiger partial charge >= 0.3 is 5.97 Å². The fourth-order valence-corrected chi connectivity index (χ4v) is 1.65. The Bertz CT molecular complexity index is 296. The highest BCUT2D eigenvalue weighted by Gasteiger charge is 2.13. The maximum absolute atomic E-state index is 11.0. The van der Waals surface area contributed by atoms with Gasteiger partial charge in [0.25, 0.3) is 0 Å². The lowest BCUT2D eigenvalue weighted by Crippen LogP contribution is -1.99. The third-order valence-electron chi connectivity index (χ3n) is 1.44. The van der Waals surface area contributed by atoms with Crippen LogP contribution in [0.5, 0.6) is 0 Å². The number of carbonyl (C=O) groups is 1. The van der Waals surface area contributed by atoms with Crippen molar-refractivity contribution in [1.29, 1.82) is 0 Å². The summed E-state index contributed by atoms with van der Waals surface area (Å²) in [5.74, 6) is -0.400. The molecular weight excluding hydrogens is 176 g/mol. The van der Waals surface area contributed by atoms with Crippen LogP contribution in [0.1, 0.15) is 20.4 Å². The Labute approximate surface area is 74.4 Å². The third kappa shape index (κ3) is 1.62. The van der Waals surface area contributed by atoms with Crippen LogP contribution in [-0.4, -0.2) is 18.1 Å². The number of ether oxygens (including phenoxy) is 1. The second-order valence-corrected chi connectivity index (χ2v) is 3.31. The zero-order chi connectivity index (χ0) is 9.14. The molecule has 12 heavy (non-hydrogen) atoms. The Kier molecular flexibility index (Phi) is 2.78. The molecule has 1 aromatic rings. The molecule has 1 rings (SSSR count). The molecule has 0 spiro atoms. The molecule has 0 saturated heterocycles. The molecule has 4 nitrogen and oxygen atoms in total. The number of aromatic nitrogens is 1. The zero-order valence-electron chi connectivity index (χ0n) is 6.96. The molecule has 0 unspecified atom stereocenters. The van der Waals surface area contributed by atoms with Crippen molar-refractivity contribution in [3.8, 4) is 0 Å². The number of nitrogens with two attached hydrogens (primary N) is 1. The molecule has 2 N–H and O–H groups in total. The predicted octanol–water partition coefficient (Wildman–Crippen LogP) is 0.697. The number of nitrogens with zero attached hydrogens (tertiary/aromatic N) is 1. The molecule has 0 aromatic carbocycles. The summed E-state index contributed by atoms with van der Waals surface area (Å²) in [5, 5.41) is 0.371. The molecule has 0 bridgehead atoms. The number of rotatable bonds is 2. The van der Waals surface area contributed by atoms with Crippen LogP contribution >= 0.6 is 11.3 Å². The van der Waals surface area contributed by atoms with E-state index in [4.69, 9.17) is 5.73 Å². The summed E-state index contributed by atoms with van der Waals surface area (Å²) in [6, 6.07) is 0. The van der Waals surface area contributed by atoms with Crippen LogP contribution in [0.15, 0.2) is 0 Å². The fourth-order valence-electron chi connectivity index (χ4n) is 0.792. The molecule has 0 aliphatic carbocycles. The van der Waals surface area contributed by atoms with E-state index in [0.29, 0.717) is 11.6 Å². The number of esters is 1. The fraction of sp³-hybridized carbons (Fsp3) is 0.429. The lowest BCUT2D eigenvalue weighted by molar-refractivity contribution is 0.0600. The minimum absolute atomic E-state index is 0.371. The second kappa shape index (κ2) is 3.64. The summed E-state index contributed by atoms with van der Waals surface area (Å²) in [6.07, 6.45) is 0. The molecule has 1 aromatic heterocycles. The van der Waals surface area contributed by atoms with Crippen LogP contribution in [0.2, 0.25) is 0 Å². The molecule has 66 valence electrons. The lowest BCUT2D eigenvalue weighted by Gasteiger charge is -1.89. The SMILES string of the molecule is COC(=O)c1nc(C)c(CN)s1. The molecule has 0 amide bonds. The van der Waals surface area contributed by atoms with Crippen molar-refractivity contribution in [3.05, 3.63) is 15.6 Å². The van der Waals surface area contributed by atoms with E-state index in [-0.39, 0.29) is 0 Å². The second-order valence-electron chi connectivity index (χ2n) is 2.22. The molecular formula is C7H10N2O2S. The van der Waals surface area contributed by atoms with Gasteiger partial charge < -0.3 is 10.5 Å². The molecule has 0 atom stereocenters. The average Bonchev–Trinajstić information content (AvgIpc) is 2.45. The number of hydrogen-bond acceptors (Lipinski definition) is 5. The first-order valence-electron chi connectivity index (χ1n) is 3.43. The first-order valence-corrected chi connectivity index (χ1v) is 4.25. The number of carbonyl (C=O) groups excluding carboxylic acids is 1. The summed E-state index contributed by atoms with van der Waals surface area (Å²) in [6.45, 7) is 2.24. The number of aryl methyl sites for hydroxylation is 1. The van der Waals surface area contributed by atoms with Crippen molar-refractivity contribution in [1.82, 2.24) is 4.98 Å². The van der Waals surface area contributed by atoms with E-state index in [1.54, 1.807) is 0 Å². The summed E-state index contributed by atoms with van der Waals surface area (Å²) in [5.41, 5.74) is 6.23. The highest BCUT2D eigenvalue weighted by atomic mass is 32.1. The largest absolute Gasteiger partial charge is 0.464 e. The minimum atomic E-state index is -0.400. The summed E-state index contributed by atoms with van der Waals surface area (Å²) in [7, 11) is 1.33. The predicted molar refractivity (Wildman–Crippen MR) is 46.1 cm³/mol. The van der Waals surface area contributed by atoms with Crippen LogP contribution in [-0.2, 0) is 11.3 Å². The van der Waals surface area contributed by atoms with Gasteiger partial charge in [-0.15, -0.1) is 11.3 Å². The van der Waals surface area contributed by atoms with Crippen molar-refractivity contribution in [3.63, 3.8) is 0 Å². The van der Waals surface area contributed by atoms with Gasteiger partial charge in [-0.2, -0.15) is 0 Å². The van der Waals surface area contributed by atoms with Gasteiger partial charge in [-0.05, 0) is 6.92 Å². The van der Waals surface area contributed by atoms with Gasteiger partial charge in [-0.1, -0.05) is 0 Å². The van der Waals surface area contributed by atoms with Crippen LogP contribution in [0.4, 0.5) is 0 Å². The van der Waals surface area contributed by atoms with Gasteiger partial charge in [0.2, 0.25) is 5.01 Å². The van der Waals surface area contributed by atoms with E-state index in [1.807, 2.05) is 6.92 Å². The van der Waals surface area contributed by atoms with E-state index < -0.39 is 5.97 Å². The molecule has 0 fully saturated rings. The molecule has 0 aliphatic rings. The Morgan fingerprint density at radius 1 is 1.75 bits per heavy atom. The van der Waals surface area contributed by atoms with Gasteiger partial charge in [-0.3, -0.25) is 0 Å².